The summed E-state index contributed by atoms with van der Waals surface area (Å²) < 4.78 is 0. The molecular formula is C12H20O13Pr2. The van der Waals surface area contributed by atoms with E-state index < -0.39 is 35.8 Å². The molecule has 0 aliphatic heterocycles. The van der Waals surface area contributed by atoms with Gasteiger partial charge in [-0.1, -0.05) is 0 Å². The molecule has 0 unspecified atom stereocenters. The summed E-state index contributed by atoms with van der Waals surface area (Å²) in [5.74, 6) is -6.50. The average Bonchev–Trinajstić information content (AvgIpc) is 2.08. The predicted molar refractivity (Wildman–Crippen MR) is 67.7 cm³/mol. The molecule has 0 aromatic carbocycles. The Morgan fingerprint density at radius 1 is 0.370 bits per heavy atom. The Bertz CT molecular complexity index is 266. The van der Waals surface area contributed by atoms with E-state index in [2.05, 4.69) is 0 Å². The van der Waals surface area contributed by atoms with Crippen LogP contribution in [0.2, 0.25) is 0 Å². The molecule has 0 rings (SSSR count). The fourth-order valence-electron chi connectivity index (χ4n) is 0. The molecule has 2 N–H and O–H groups in total. The van der Waals surface area contributed by atoms with Gasteiger partial charge in [0.05, 0.1) is 0 Å². The first-order chi connectivity index (χ1) is 10.4. The fourth-order valence-corrected chi connectivity index (χ4v) is 0. The quantitative estimate of drug-likeness (QED) is 0.236. The maximum absolute atomic E-state index is 8.89. The van der Waals surface area contributed by atoms with E-state index in [1.807, 2.05) is 0 Å². The zero-order chi connectivity index (χ0) is 21.5. The number of carboxylic acid groups (broad SMARTS) is 6. The minimum atomic E-state index is -1.08. The third-order valence-corrected chi connectivity index (χ3v) is 0. The van der Waals surface area contributed by atoms with E-state index >= 15 is 0 Å². The Balaban J connectivity index is -0.0000000201. The Morgan fingerprint density at radius 3 is 0.370 bits per heavy atom. The van der Waals surface area contributed by atoms with Crippen LogP contribution in [-0.2, 0) is 28.8 Å². The Morgan fingerprint density at radius 2 is 0.370 bits per heavy atom. The van der Waals surface area contributed by atoms with Crippen molar-refractivity contribution >= 4 is 35.8 Å². The van der Waals surface area contributed by atoms with Crippen LogP contribution in [0.3, 0.4) is 0 Å². The number of rotatable bonds is 0. The maximum Gasteiger partial charge on any atom is 3.00 e. The van der Waals surface area contributed by atoms with Gasteiger partial charge in [-0.2, -0.15) is 0 Å². The average molecular weight is 654 g/mol. The van der Waals surface area contributed by atoms with Gasteiger partial charge in [0.15, 0.2) is 0 Å². The second-order valence-electron chi connectivity index (χ2n) is 2.95. The van der Waals surface area contributed by atoms with Crippen molar-refractivity contribution in [3.8, 4) is 0 Å². The molecule has 0 saturated heterocycles. The number of hydrogen-bond acceptors (Lipinski definition) is 12. The van der Waals surface area contributed by atoms with Crippen molar-refractivity contribution < 1.29 is 147 Å². The molecule has 15 heteroatoms. The molecule has 0 heterocycles. The second kappa shape index (κ2) is 50.0. The van der Waals surface area contributed by atoms with Gasteiger partial charge >= 0.3 is 82.6 Å². The van der Waals surface area contributed by atoms with Crippen LogP contribution in [0.25, 0.3) is 0 Å². The van der Waals surface area contributed by atoms with Crippen LogP contribution in [-0.4, -0.2) is 41.3 Å². The van der Waals surface area contributed by atoms with E-state index in [9.17, 15) is 0 Å². The van der Waals surface area contributed by atoms with E-state index in [0.29, 0.717) is 0 Å². The van der Waals surface area contributed by atoms with E-state index in [1.165, 1.54) is 0 Å². The van der Waals surface area contributed by atoms with Crippen molar-refractivity contribution in [2.24, 2.45) is 0 Å². The molecule has 0 radical (unpaired) electrons. The van der Waals surface area contributed by atoms with Crippen LogP contribution in [0.15, 0.2) is 0 Å². The van der Waals surface area contributed by atoms with Gasteiger partial charge in [0.2, 0.25) is 0 Å². The molecule has 0 bridgehead atoms. The predicted octanol–water partition coefficient (Wildman–Crippen LogP) is -8.29. The van der Waals surface area contributed by atoms with Crippen LogP contribution < -0.4 is 30.6 Å². The van der Waals surface area contributed by atoms with Crippen molar-refractivity contribution in [2.75, 3.05) is 0 Å². The molecule has 0 fully saturated rings. The van der Waals surface area contributed by atoms with Crippen LogP contribution in [0.4, 0.5) is 0 Å². The van der Waals surface area contributed by atoms with Gasteiger partial charge in [0.25, 0.3) is 0 Å². The van der Waals surface area contributed by atoms with E-state index in [1.54, 1.807) is 0 Å². The normalized spacial score (nSPS) is 5.56. The Hall–Kier alpha value is -0.493. The molecule has 0 aliphatic rings. The molecule has 13 nitrogen and oxygen atoms in total. The van der Waals surface area contributed by atoms with Gasteiger partial charge in [0.1, 0.15) is 0 Å². The summed E-state index contributed by atoms with van der Waals surface area (Å²) >= 11 is 0. The maximum atomic E-state index is 8.89. The van der Waals surface area contributed by atoms with Crippen molar-refractivity contribution in [3.05, 3.63) is 0 Å². The molecule has 27 heavy (non-hydrogen) atoms. The monoisotopic (exact) mass is 654 g/mol. The summed E-state index contributed by atoms with van der Waals surface area (Å²) in [5.41, 5.74) is 0. The summed E-state index contributed by atoms with van der Waals surface area (Å²) in [6.45, 7) is 5.83. The standard InChI is InChI=1S/6C2H4O2.H2O.2Pr/c6*1-2(3)4;;;/h6*1H3,(H,3,4);1H2;;/q;;;;;;;2*+3/p-6. The molecule has 0 aromatic heterocycles. The van der Waals surface area contributed by atoms with Gasteiger partial charge in [-0.3, -0.25) is 0 Å². The van der Waals surface area contributed by atoms with Crippen molar-refractivity contribution in [3.63, 3.8) is 0 Å². The van der Waals surface area contributed by atoms with Crippen LogP contribution in [0.5, 0.6) is 0 Å². The molecule has 0 spiro atoms. The minimum absolute atomic E-state index is 0. The number of hydrogen-bond donors (Lipinski definition) is 0. The van der Waals surface area contributed by atoms with Crippen LogP contribution in [0.1, 0.15) is 41.5 Å². The van der Waals surface area contributed by atoms with E-state index in [-0.39, 0.29) is 88.1 Å². The zero-order valence-electron chi connectivity index (χ0n) is 15.6. The van der Waals surface area contributed by atoms with Gasteiger partial charge in [0, 0.05) is 35.8 Å². The third-order valence-electron chi connectivity index (χ3n) is 0. The van der Waals surface area contributed by atoms with E-state index in [4.69, 9.17) is 59.4 Å². The first-order valence-electron chi connectivity index (χ1n) is 5.45. The Labute approximate surface area is 222 Å². The van der Waals surface area contributed by atoms with Crippen molar-refractivity contribution in [2.45, 2.75) is 41.5 Å². The Kier molecular flexibility index (Phi) is 104. The first kappa shape index (κ1) is 56.3. The van der Waals surface area contributed by atoms with Gasteiger partial charge in [-0.15, -0.1) is 0 Å². The fraction of sp³-hybridized carbons (Fsp3) is 0.500. The summed E-state index contributed by atoms with van der Waals surface area (Å²) in [6, 6.07) is 0. The van der Waals surface area contributed by atoms with Crippen LogP contribution >= 0.6 is 0 Å². The molecule has 0 aliphatic carbocycles. The van der Waals surface area contributed by atoms with Crippen LogP contribution in [0, 0.1) is 82.6 Å². The minimum Gasteiger partial charge on any atom is -0.550 e. The van der Waals surface area contributed by atoms with E-state index in [0.717, 1.165) is 41.5 Å². The van der Waals surface area contributed by atoms with Gasteiger partial charge in [-0.25, -0.2) is 0 Å². The molecule has 152 valence electrons. The van der Waals surface area contributed by atoms with Crippen molar-refractivity contribution in [1.82, 2.24) is 0 Å². The van der Waals surface area contributed by atoms with Crippen molar-refractivity contribution in [1.29, 1.82) is 0 Å². The summed E-state index contributed by atoms with van der Waals surface area (Å²) in [4.78, 5) is 53.3. The van der Waals surface area contributed by atoms with Gasteiger partial charge < -0.3 is 64.9 Å². The molecule has 0 atom stereocenters. The number of carboxylic acids is 6. The second-order valence-corrected chi connectivity index (χ2v) is 2.95. The summed E-state index contributed by atoms with van der Waals surface area (Å²) in [7, 11) is 0. The smallest absolute Gasteiger partial charge is 0.550 e. The molecule has 0 saturated carbocycles. The summed E-state index contributed by atoms with van der Waals surface area (Å²) in [6.07, 6.45) is 0. The number of aliphatic carboxylic acids is 6. The molecular weight excluding hydrogens is 634 g/mol. The first-order valence-corrected chi connectivity index (χ1v) is 5.45. The largest absolute Gasteiger partial charge is 3.00 e. The zero-order valence-corrected chi connectivity index (χ0v) is 23.0. The number of carbonyl (C=O) groups is 6. The SMILES string of the molecule is CC(=O)[O-].CC(=O)[O-].CC(=O)[O-].CC(=O)[O-].CC(=O)[O-].CC(=O)[O-].O.[Pr+3].[Pr+3]. The van der Waals surface area contributed by atoms with Gasteiger partial charge in [-0.05, 0) is 41.5 Å². The third kappa shape index (κ3) is 58100. The topological polar surface area (TPSA) is 272 Å². The molecule has 0 aromatic rings. The molecule has 0 amide bonds. The number of carbonyl (C=O) groups excluding carboxylic acids is 6. The summed E-state index contributed by atoms with van der Waals surface area (Å²) in [5, 5.41) is 53.3.